The van der Waals surface area contributed by atoms with Crippen molar-refractivity contribution in [3.8, 4) is 0 Å². The zero-order chi connectivity index (χ0) is 12.3. The SMILES string of the molecule is NNc1ncc(C(=O)Nc2cn[nH]c2)cc1Cl. The van der Waals surface area contributed by atoms with E-state index in [1.54, 1.807) is 6.20 Å². The van der Waals surface area contributed by atoms with E-state index in [2.05, 4.69) is 25.9 Å². The number of anilines is 2. The molecule has 2 rings (SSSR count). The van der Waals surface area contributed by atoms with Crippen molar-refractivity contribution in [2.45, 2.75) is 0 Å². The molecule has 0 spiro atoms. The molecule has 2 heterocycles. The number of pyridine rings is 1. The molecule has 0 unspecified atom stereocenters. The van der Waals surface area contributed by atoms with Crippen molar-refractivity contribution in [2.75, 3.05) is 10.7 Å². The second-order valence-corrected chi connectivity index (χ2v) is 3.55. The Labute approximate surface area is 101 Å². The van der Waals surface area contributed by atoms with Gasteiger partial charge in [-0.25, -0.2) is 10.8 Å². The Balaban J connectivity index is 2.17. The highest BCUT2D eigenvalue weighted by Crippen LogP contribution is 2.19. The summed E-state index contributed by atoms with van der Waals surface area (Å²) in [6.45, 7) is 0. The maximum atomic E-state index is 11.8. The van der Waals surface area contributed by atoms with E-state index < -0.39 is 0 Å². The standard InChI is InChI=1S/C9H9ClN6O/c10-7-1-5(2-12-8(7)16-11)9(17)15-6-3-13-14-4-6/h1-4H,11H2,(H,12,16)(H,13,14)(H,15,17). The van der Waals surface area contributed by atoms with E-state index in [1.807, 2.05) is 0 Å². The molecule has 7 nitrogen and oxygen atoms in total. The largest absolute Gasteiger partial charge is 0.319 e. The smallest absolute Gasteiger partial charge is 0.257 e. The third kappa shape index (κ3) is 2.52. The molecule has 5 N–H and O–H groups in total. The molecule has 0 aliphatic rings. The van der Waals surface area contributed by atoms with Crippen molar-refractivity contribution in [3.05, 3.63) is 35.2 Å². The number of aromatic nitrogens is 3. The summed E-state index contributed by atoms with van der Waals surface area (Å²) in [5.41, 5.74) is 3.21. The molecule has 2 aromatic rings. The van der Waals surface area contributed by atoms with Gasteiger partial charge in [0.2, 0.25) is 0 Å². The number of nitrogen functional groups attached to an aromatic ring is 1. The van der Waals surface area contributed by atoms with Crippen LogP contribution in [0, 0.1) is 0 Å². The second-order valence-electron chi connectivity index (χ2n) is 3.14. The fourth-order valence-corrected chi connectivity index (χ4v) is 1.41. The van der Waals surface area contributed by atoms with Crippen LogP contribution < -0.4 is 16.6 Å². The zero-order valence-electron chi connectivity index (χ0n) is 8.57. The Morgan fingerprint density at radius 1 is 1.47 bits per heavy atom. The molecule has 2 aromatic heterocycles. The van der Waals surface area contributed by atoms with Gasteiger partial charge in [-0.3, -0.25) is 9.89 Å². The molecule has 17 heavy (non-hydrogen) atoms. The molecule has 0 radical (unpaired) electrons. The first-order valence-corrected chi connectivity index (χ1v) is 5.01. The summed E-state index contributed by atoms with van der Waals surface area (Å²) in [4.78, 5) is 15.7. The Kier molecular flexibility index (Phi) is 3.22. The van der Waals surface area contributed by atoms with Crippen LogP contribution in [0.15, 0.2) is 24.7 Å². The van der Waals surface area contributed by atoms with Crippen LogP contribution in [0.25, 0.3) is 0 Å². The first-order valence-electron chi connectivity index (χ1n) is 4.63. The number of nitrogens with two attached hydrogens (primary N) is 1. The first-order chi connectivity index (χ1) is 8.20. The molecule has 0 aromatic carbocycles. The van der Waals surface area contributed by atoms with Gasteiger partial charge in [-0.05, 0) is 6.07 Å². The Morgan fingerprint density at radius 3 is 2.88 bits per heavy atom. The van der Waals surface area contributed by atoms with E-state index >= 15 is 0 Å². The Morgan fingerprint density at radius 2 is 2.29 bits per heavy atom. The number of carbonyl (C=O) groups is 1. The molecule has 1 amide bonds. The lowest BCUT2D eigenvalue weighted by Gasteiger charge is -2.05. The Hall–Kier alpha value is -2.12. The van der Waals surface area contributed by atoms with E-state index in [9.17, 15) is 4.79 Å². The van der Waals surface area contributed by atoms with Gasteiger partial charge in [0.1, 0.15) is 0 Å². The summed E-state index contributed by atoms with van der Waals surface area (Å²) in [5, 5.41) is 9.18. The number of nitrogens with zero attached hydrogens (tertiary/aromatic N) is 2. The maximum Gasteiger partial charge on any atom is 0.257 e. The minimum Gasteiger partial charge on any atom is -0.319 e. The van der Waals surface area contributed by atoms with Crippen LogP contribution in [0.3, 0.4) is 0 Å². The number of nitrogens with one attached hydrogen (secondary N) is 3. The number of halogens is 1. The van der Waals surface area contributed by atoms with Gasteiger partial charge in [0, 0.05) is 12.4 Å². The molecule has 0 saturated carbocycles. The van der Waals surface area contributed by atoms with Crippen LogP contribution in [0.2, 0.25) is 5.02 Å². The molecule has 0 bridgehead atoms. The van der Waals surface area contributed by atoms with Crippen molar-refractivity contribution in [2.24, 2.45) is 5.84 Å². The third-order valence-electron chi connectivity index (χ3n) is 2.00. The molecule has 88 valence electrons. The predicted molar refractivity (Wildman–Crippen MR) is 63.6 cm³/mol. The lowest BCUT2D eigenvalue weighted by molar-refractivity contribution is 0.102. The minimum atomic E-state index is -0.329. The number of hydrazine groups is 1. The molecule has 0 fully saturated rings. The van der Waals surface area contributed by atoms with E-state index in [0.717, 1.165) is 0 Å². The summed E-state index contributed by atoms with van der Waals surface area (Å²) >= 11 is 5.85. The van der Waals surface area contributed by atoms with Gasteiger partial charge < -0.3 is 10.7 Å². The first kappa shape index (κ1) is 11.4. The zero-order valence-corrected chi connectivity index (χ0v) is 9.32. The summed E-state index contributed by atoms with van der Waals surface area (Å²) < 4.78 is 0. The molecule has 8 heteroatoms. The van der Waals surface area contributed by atoms with Crippen LogP contribution >= 0.6 is 11.6 Å². The Bertz CT molecular complexity index is 526. The highest BCUT2D eigenvalue weighted by atomic mass is 35.5. The third-order valence-corrected chi connectivity index (χ3v) is 2.28. The number of hydrogen-bond donors (Lipinski definition) is 4. The number of aromatic amines is 1. The number of amides is 1. The topological polar surface area (TPSA) is 109 Å². The molecule has 0 aliphatic carbocycles. The monoisotopic (exact) mass is 252 g/mol. The van der Waals surface area contributed by atoms with Crippen LogP contribution in [0.5, 0.6) is 0 Å². The fourth-order valence-electron chi connectivity index (χ4n) is 1.19. The number of hydrogen-bond acceptors (Lipinski definition) is 5. The summed E-state index contributed by atoms with van der Waals surface area (Å²) in [6.07, 6.45) is 4.42. The van der Waals surface area contributed by atoms with Gasteiger partial charge in [-0.2, -0.15) is 5.10 Å². The van der Waals surface area contributed by atoms with Crippen molar-refractivity contribution in [3.63, 3.8) is 0 Å². The van der Waals surface area contributed by atoms with E-state index in [0.29, 0.717) is 17.1 Å². The molecule has 0 atom stereocenters. The van der Waals surface area contributed by atoms with Crippen molar-refractivity contribution < 1.29 is 4.79 Å². The van der Waals surface area contributed by atoms with Gasteiger partial charge in [-0.15, -0.1) is 0 Å². The van der Waals surface area contributed by atoms with Crippen LogP contribution in [-0.4, -0.2) is 21.1 Å². The number of carbonyl (C=O) groups excluding carboxylic acids is 1. The number of H-pyrrole nitrogens is 1. The van der Waals surface area contributed by atoms with Crippen molar-refractivity contribution in [1.82, 2.24) is 15.2 Å². The fraction of sp³-hybridized carbons (Fsp3) is 0. The summed E-state index contributed by atoms with van der Waals surface area (Å²) in [7, 11) is 0. The van der Waals surface area contributed by atoms with Crippen LogP contribution in [-0.2, 0) is 0 Å². The van der Waals surface area contributed by atoms with Gasteiger partial charge in [0.25, 0.3) is 5.91 Å². The second kappa shape index (κ2) is 4.81. The van der Waals surface area contributed by atoms with Gasteiger partial charge >= 0.3 is 0 Å². The molecular formula is C9H9ClN6O. The van der Waals surface area contributed by atoms with Crippen LogP contribution in [0.1, 0.15) is 10.4 Å². The quantitative estimate of drug-likeness (QED) is 0.481. The normalized spacial score (nSPS) is 10.0. The molecular weight excluding hydrogens is 244 g/mol. The van der Waals surface area contributed by atoms with Gasteiger partial charge in [0.15, 0.2) is 5.82 Å². The number of rotatable bonds is 3. The van der Waals surface area contributed by atoms with E-state index in [4.69, 9.17) is 17.4 Å². The highest BCUT2D eigenvalue weighted by Gasteiger charge is 2.10. The van der Waals surface area contributed by atoms with Crippen molar-refractivity contribution in [1.29, 1.82) is 0 Å². The van der Waals surface area contributed by atoms with E-state index in [1.165, 1.54) is 18.5 Å². The maximum absolute atomic E-state index is 11.8. The van der Waals surface area contributed by atoms with E-state index in [-0.39, 0.29) is 10.9 Å². The highest BCUT2D eigenvalue weighted by molar-refractivity contribution is 6.33. The van der Waals surface area contributed by atoms with Crippen molar-refractivity contribution >= 4 is 29.0 Å². The molecule has 0 aliphatic heterocycles. The summed E-state index contributed by atoms with van der Waals surface area (Å²) in [6, 6.07) is 1.47. The van der Waals surface area contributed by atoms with Gasteiger partial charge in [0.05, 0.1) is 22.5 Å². The lowest BCUT2D eigenvalue weighted by Crippen LogP contribution is -2.14. The minimum absolute atomic E-state index is 0.271. The summed E-state index contributed by atoms with van der Waals surface area (Å²) in [5.74, 6) is 5.16. The average Bonchev–Trinajstić information content (AvgIpc) is 2.81. The average molecular weight is 253 g/mol. The molecule has 0 saturated heterocycles. The lowest BCUT2D eigenvalue weighted by atomic mass is 10.2. The predicted octanol–water partition coefficient (Wildman–Crippen LogP) is 0.996. The van der Waals surface area contributed by atoms with Gasteiger partial charge in [-0.1, -0.05) is 11.6 Å². The van der Waals surface area contributed by atoms with Crippen LogP contribution in [0.4, 0.5) is 11.5 Å².